The van der Waals surface area contributed by atoms with Gasteiger partial charge in [-0.2, -0.15) is 10.1 Å². The number of pyridine rings is 1. The second kappa shape index (κ2) is 10.4. The van der Waals surface area contributed by atoms with E-state index in [-0.39, 0.29) is 36.8 Å². The van der Waals surface area contributed by atoms with Crippen LogP contribution in [0.5, 0.6) is 5.88 Å². The monoisotopic (exact) mass is 538 g/mol. The Balaban J connectivity index is 1.60. The molecule has 0 saturated carbocycles. The summed E-state index contributed by atoms with van der Waals surface area (Å²) in [5.74, 6) is -3.79. The molecule has 2 unspecified atom stereocenters. The van der Waals surface area contributed by atoms with E-state index in [0.717, 1.165) is 24.4 Å². The van der Waals surface area contributed by atoms with E-state index < -0.39 is 46.4 Å². The summed E-state index contributed by atoms with van der Waals surface area (Å²) in [7, 11) is 1.66. The zero-order valence-electron chi connectivity index (χ0n) is 21.2. The third kappa shape index (κ3) is 5.01. The lowest BCUT2D eigenvalue weighted by molar-refractivity contribution is 0.0784. The Morgan fingerprint density at radius 1 is 1.13 bits per heavy atom. The SMILES string of the molecule is CCC(c1cc(F)cc(F)c1)n1c(-c2cnn(C)c2)nc(O)c(C(=O)N2CCC(c3ccc(F)cn3)C2)c1=O. The molecule has 9 nitrogen and oxygen atoms in total. The van der Waals surface area contributed by atoms with Crippen LogP contribution in [-0.2, 0) is 7.05 Å². The van der Waals surface area contributed by atoms with E-state index >= 15 is 0 Å². The molecule has 1 N–H and O–H groups in total. The largest absolute Gasteiger partial charge is 0.493 e. The molecule has 1 aromatic carbocycles. The van der Waals surface area contributed by atoms with Crippen molar-refractivity contribution in [3.63, 3.8) is 0 Å². The van der Waals surface area contributed by atoms with Crippen LogP contribution in [-0.4, -0.2) is 53.3 Å². The number of nitrogens with zero attached hydrogens (tertiary/aromatic N) is 6. The fourth-order valence-corrected chi connectivity index (χ4v) is 5.05. The summed E-state index contributed by atoms with van der Waals surface area (Å²) in [6, 6.07) is 4.89. The Kier molecular flexibility index (Phi) is 6.94. The Hall–Kier alpha value is -4.48. The molecule has 1 aliphatic heterocycles. The summed E-state index contributed by atoms with van der Waals surface area (Å²) in [5.41, 5.74) is -0.269. The third-order valence-corrected chi connectivity index (χ3v) is 6.89. The quantitative estimate of drug-likeness (QED) is 0.401. The van der Waals surface area contributed by atoms with Crippen molar-refractivity contribution in [2.75, 3.05) is 13.1 Å². The van der Waals surface area contributed by atoms with Crippen molar-refractivity contribution in [1.29, 1.82) is 0 Å². The number of rotatable bonds is 6. The van der Waals surface area contributed by atoms with E-state index in [1.54, 1.807) is 26.2 Å². The Morgan fingerprint density at radius 2 is 1.87 bits per heavy atom. The third-order valence-electron chi connectivity index (χ3n) is 6.89. The number of aryl methyl sites for hydroxylation is 1. The van der Waals surface area contributed by atoms with Gasteiger partial charge in [0.25, 0.3) is 11.5 Å². The zero-order chi connectivity index (χ0) is 27.8. The summed E-state index contributed by atoms with van der Waals surface area (Å²) in [5, 5.41) is 14.9. The van der Waals surface area contributed by atoms with Gasteiger partial charge in [0.15, 0.2) is 11.4 Å². The molecule has 3 aromatic heterocycles. The van der Waals surface area contributed by atoms with Gasteiger partial charge in [-0.15, -0.1) is 0 Å². The molecule has 2 atom stereocenters. The van der Waals surface area contributed by atoms with Crippen molar-refractivity contribution < 1.29 is 23.1 Å². The zero-order valence-corrected chi connectivity index (χ0v) is 21.2. The summed E-state index contributed by atoms with van der Waals surface area (Å²) in [6.45, 7) is 2.20. The van der Waals surface area contributed by atoms with E-state index in [1.165, 1.54) is 26.4 Å². The van der Waals surface area contributed by atoms with Gasteiger partial charge < -0.3 is 10.0 Å². The van der Waals surface area contributed by atoms with Crippen LogP contribution in [0.1, 0.15) is 53.3 Å². The molecule has 0 aliphatic carbocycles. The Morgan fingerprint density at radius 3 is 2.49 bits per heavy atom. The first kappa shape index (κ1) is 26.1. The first-order chi connectivity index (χ1) is 18.7. The number of hydrogen-bond donors (Lipinski definition) is 1. The highest BCUT2D eigenvalue weighted by atomic mass is 19.1. The van der Waals surface area contributed by atoms with Crippen molar-refractivity contribution in [3.05, 3.63) is 93.5 Å². The van der Waals surface area contributed by atoms with Crippen molar-refractivity contribution in [1.82, 2.24) is 29.2 Å². The molecule has 1 saturated heterocycles. The number of likely N-dealkylation sites (tertiary alicyclic amines) is 1. The second-order valence-electron chi connectivity index (χ2n) is 9.48. The Bertz CT molecular complexity index is 1580. The summed E-state index contributed by atoms with van der Waals surface area (Å²) >= 11 is 0. The lowest BCUT2D eigenvalue weighted by Gasteiger charge is -2.24. The van der Waals surface area contributed by atoms with E-state index in [0.29, 0.717) is 17.7 Å². The van der Waals surface area contributed by atoms with Gasteiger partial charge in [0, 0.05) is 44.0 Å². The number of aromatic nitrogens is 5. The second-order valence-corrected chi connectivity index (χ2v) is 9.48. The van der Waals surface area contributed by atoms with E-state index in [2.05, 4.69) is 15.1 Å². The lowest BCUT2D eigenvalue weighted by Crippen LogP contribution is -2.38. The molecule has 1 aliphatic rings. The lowest BCUT2D eigenvalue weighted by atomic mass is 10.0. The van der Waals surface area contributed by atoms with Crippen molar-refractivity contribution in [2.24, 2.45) is 7.05 Å². The molecular formula is C27H25F3N6O3. The minimum Gasteiger partial charge on any atom is -0.493 e. The van der Waals surface area contributed by atoms with Gasteiger partial charge in [0.05, 0.1) is 24.0 Å². The van der Waals surface area contributed by atoms with Crippen molar-refractivity contribution in [3.8, 4) is 17.3 Å². The number of carbonyl (C=O) groups is 1. The molecule has 4 heterocycles. The molecule has 0 bridgehead atoms. The van der Waals surface area contributed by atoms with E-state index in [4.69, 9.17) is 0 Å². The molecule has 0 spiro atoms. The first-order valence-electron chi connectivity index (χ1n) is 12.4. The number of hydrogen-bond acceptors (Lipinski definition) is 6. The molecule has 5 rings (SSSR count). The van der Waals surface area contributed by atoms with Crippen LogP contribution >= 0.6 is 0 Å². The number of aromatic hydroxyl groups is 1. The van der Waals surface area contributed by atoms with E-state index in [9.17, 15) is 27.9 Å². The number of benzene rings is 1. The smallest absolute Gasteiger partial charge is 0.271 e. The van der Waals surface area contributed by atoms with Gasteiger partial charge in [-0.05, 0) is 42.7 Å². The van der Waals surface area contributed by atoms with Gasteiger partial charge >= 0.3 is 0 Å². The van der Waals surface area contributed by atoms with Crippen molar-refractivity contribution in [2.45, 2.75) is 31.7 Å². The molecule has 12 heteroatoms. The normalized spacial score (nSPS) is 16.0. The molecule has 4 aromatic rings. The van der Waals surface area contributed by atoms with Gasteiger partial charge in [-0.3, -0.25) is 23.8 Å². The van der Waals surface area contributed by atoms with Gasteiger partial charge in [0.1, 0.15) is 17.5 Å². The summed E-state index contributed by atoms with van der Waals surface area (Å²) < 4.78 is 44.3. The molecule has 1 amide bonds. The topological polar surface area (TPSA) is 106 Å². The maximum absolute atomic E-state index is 14.2. The summed E-state index contributed by atoms with van der Waals surface area (Å²) in [4.78, 5) is 37.3. The van der Waals surface area contributed by atoms with Crippen LogP contribution < -0.4 is 5.56 Å². The van der Waals surface area contributed by atoms with Gasteiger partial charge in [0.2, 0.25) is 5.88 Å². The average molecular weight is 539 g/mol. The first-order valence-corrected chi connectivity index (χ1v) is 12.4. The molecule has 202 valence electrons. The van der Waals surface area contributed by atoms with Crippen LogP contribution in [0.25, 0.3) is 11.4 Å². The highest BCUT2D eigenvalue weighted by Crippen LogP contribution is 2.31. The highest BCUT2D eigenvalue weighted by Gasteiger charge is 2.34. The summed E-state index contributed by atoms with van der Waals surface area (Å²) in [6.07, 6.45) is 4.85. The fourth-order valence-electron chi connectivity index (χ4n) is 5.05. The molecule has 1 fully saturated rings. The van der Waals surface area contributed by atoms with E-state index in [1.807, 2.05) is 0 Å². The number of carbonyl (C=O) groups excluding carboxylic acids is 1. The molecule has 0 radical (unpaired) electrons. The van der Waals surface area contributed by atoms with Crippen molar-refractivity contribution >= 4 is 5.91 Å². The number of halogens is 3. The van der Waals surface area contributed by atoms with Gasteiger partial charge in [-0.25, -0.2) is 13.2 Å². The maximum Gasteiger partial charge on any atom is 0.271 e. The van der Waals surface area contributed by atoms with Crippen LogP contribution in [0.15, 0.2) is 53.7 Å². The standard InChI is InChI=1S/C27H25F3N6O3/c1-3-22(16-8-19(29)10-20(30)9-16)36-24(17-11-32-34(2)13-17)33-25(37)23(27(36)39)26(38)35-7-6-15(14-35)21-5-4-18(28)12-31-21/h4-5,8-13,15,22,37H,3,6-7,14H2,1-2H3. The van der Waals surface area contributed by atoms with Crippen LogP contribution in [0.2, 0.25) is 0 Å². The minimum absolute atomic E-state index is 0.00604. The predicted molar refractivity (Wildman–Crippen MR) is 135 cm³/mol. The molecular weight excluding hydrogens is 513 g/mol. The predicted octanol–water partition coefficient (Wildman–Crippen LogP) is 3.79. The highest BCUT2D eigenvalue weighted by molar-refractivity contribution is 5.96. The van der Waals surface area contributed by atoms with Gasteiger partial charge in [-0.1, -0.05) is 6.92 Å². The van der Waals surface area contributed by atoms with Crippen LogP contribution in [0.4, 0.5) is 13.2 Å². The molecule has 39 heavy (non-hydrogen) atoms. The fraction of sp³-hybridized carbons (Fsp3) is 0.296. The maximum atomic E-state index is 14.2. The van der Waals surface area contributed by atoms with Crippen LogP contribution in [0.3, 0.4) is 0 Å². The average Bonchev–Trinajstić information content (AvgIpc) is 3.55. The number of amides is 1. The van der Waals surface area contributed by atoms with Crippen LogP contribution in [0, 0.1) is 17.5 Å². The Labute approximate surface area is 221 Å². The minimum atomic E-state index is -0.910.